The topological polar surface area (TPSA) is 82.6 Å². The average Bonchev–Trinajstić information content (AvgIpc) is 2.42. The summed E-state index contributed by atoms with van der Waals surface area (Å²) in [6.45, 7) is 1.09. The highest BCUT2D eigenvalue weighted by atomic mass is 16.5. The van der Waals surface area contributed by atoms with Crippen LogP contribution >= 0.6 is 0 Å². The van der Waals surface area contributed by atoms with E-state index in [1.54, 1.807) is 19.2 Å². The van der Waals surface area contributed by atoms with Crippen molar-refractivity contribution in [3.05, 3.63) is 23.8 Å². The second-order valence-electron chi connectivity index (χ2n) is 4.50. The summed E-state index contributed by atoms with van der Waals surface area (Å²) in [5, 5.41) is 16.4. The molecule has 1 aromatic carbocycles. The van der Waals surface area contributed by atoms with Crippen LogP contribution < -0.4 is 15.4 Å². The zero-order chi connectivity index (χ0) is 14.3. The van der Waals surface area contributed by atoms with E-state index in [4.69, 9.17) is 21.0 Å². The number of amidine groups is 1. The number of ether oxygens (including phenoxy) is 1. The minimum Gasteiger partial charge on any atom is -0.497 e. The third-order valence-electron chi connectivity index (χ3n) is 3.06. The number of nitrogen functional groups attached to an aromatic ring is 1. The molecule has 0 aliphatic carbocycles. The van der Waals surface area contributed by atoms with Gasteiger partial charge in [-0.1, -0.05) is 0 Å². The van der Waals surface area contributed by atoms with Crippen molar-refractivity contribution in [2.24, 2.45) is 5.73 Å². The summed E-state index contributed by atoms with van der Waals surface area (Å²) in [5.74, 6) is 0.807. The van der Waals surface area contributed by atoms with E-state index in [2.05, 4.69) is 4.90 Å². The molecule has 0 spiro atoms. The third kappa shape index (κ3) is 4.44. The summed E-state index contributed by atoms with van der Waals surface area (Å²) in [4.78, 5) is 2.07. The molecular formula is C14H23N3O2. The van der Waals surface area contributed by atoms with Crippen molar-refractivity contribution >= 4 is 11.5 Å². The zero-order valence-corrected chi connectivity index (χ0v) is 11.6. The van der Waals surface area contributed by atoms with E-state index < -0.39 is 0 Å². The van der Waals surface area contributed by atoms with Crippen LogP contribution in [0.25, 0.3) is 0 Å². The van der Waals surface area contributed by atoms with Gasteiger partial charge in [0.1, 0.15) is 11.6 Å². The summed E-state index contributed by atoms with van der Waals surface area (Å²) in [6, 6.07) is 5.50. The highest BCUT2D eigenvalue weighted by molar-refractivity contribution is 6.00. The van der Waals surface area contributed by atoms with Gasteiger partial charge >= 0.3 is 0 Å². The Labute approximate surface area is 114 Å². The number of hydrogen-bond donors (Lipinski definition) is 3. The molecule has 106 valence electrons. The lowest BCUT2D eigenvalue weighted by atomic mass is 10.1. The maximum absolute atomic E-state index is 8.76. The summed E-state index contributed by atoms with van der Waals surface area (Å²) >= 11 is 0. The highest BCUT2D eigenvalue weighted by Gasteiger charge is 2.11. The van der Waals surface area contributed by atoms with Crippen LogP contribution in [0.5, 0.6) is 5.75 Å². The molecule has 1 rings (SSSR count). The van der Waals surface area contributed by atoms with E-state index in [0.717, 1.165) is 37.2 Å². The Bertz CT molecular complexity index is 421. The second-order valence-corrected chi connectivity index (χ2v) is 4.50. The van der Waals surface area contributed by atoms with Gasteiger partial charge in [0.25, 0.3) is 0 Å². The third-order valence-corrected chi connectivity index (χ3v) is 3.06. The van der Waals surface area contributed by atoms with Gasteiger partial charge in [0.05, 0.1) is 12.8 Å². The number of nitrogens with zero attached hydrogens (tertiary/aromatic N) is 1. The fourth-order valence-corrected chi connectivity index (χ4v) is 1.94. The molecular weight excluding hydrogens is 242 g/mol. The van der Waals surface area contributed by atoms with Crippen molar-refractivity contribution in [1.82, 2.24) is 0 Å². The fraction of sp³-hybridized carbons (Fsp3) is 0.500. The number of benzene rings is 1. The van der Waals surface area contributed by atoms with Crippen LogP contribution in [0.4, 0.5) is 5.69 Å². The van der Waals surface area contributed by atoms with Gasteiger partial charge in [-0.25, -0.2) is 0 Å². The molecule has 0 heterocycles. The van der Waals surface area contributed by atoms with Crippen molar-refractivity contribution in [1.29, 1.82) is 5.41 Å². The summed E-state index contributed by atoms with van der Waals surface area (Å²) in [7, 11) is 3.59. The fourth-order valence-electron chi connectivity index (χ4n) is 1.94. The number of aliphatic hydroxyl groups is 1. The molecule has 1 aromatic rings. The Morgan fingerprint density at radius 2 is 2.11 bits per heavy atom. The number of nitrogens with two attached hydrogens (primary N) is 1. The van der Waals surface area contributed by atoms with Crippen LogP contribution in [-0.4, -0.2) is 38.3 Å². The maximum atomic E-state index is 8.76. The molecule has 0 aliphatic heterocycles. The lowest BCUT2D eigenvalue weighted by molar-refractivity contribution is 0.283. The van der Waals surface area contributed by atoms with E-state index in [1.165, 1.54) is 0 Å². The van der Waals surface area contributed by atoms with Crippen LogP contribution in [0.3, 0.4) is 0 Å². The molecule has 5 nitrogen and oxygen atoms in total. The number of nitrogens with one attached hydrogen (secondary N) is 1. The van der Waals surface area contributed by atoms with E-state index >= 15 is 0 Å². The van der Waals surface area contributed by atoms with Gasteiger partial charge in [0, 0.05) is 31.8 Å². The Hall–Kier alpha value is -1.75. The molecule has 0 radical (unpaired) electrons. The molecule has 0 aliphatic rings. The number of aliphatic hydroxyl groups excluding tert-OH is 1. The van der Waals surface area contributed by atoms with Crippen molar-refractivity contribution < 1.29 is 9.84 Å². The van der Waals surface area contributed by atoms with Crippen LogP contribution in [0.15, 0.2) is 18.2 Å². The summed E-state index contributed by atoms with van der Waals surface area (Å²) in [6.07, 6.45) is 2.80. The Morgan fingerprint density at radius 1 is 1.37 bits per heavy atom. The Balaban J connectivity index is 2.80. The van der Waals surface area contributed by atoms with Crippen molar-refractivity contribution in [3.8, 4) is 5.75 Å². The van der Waals surface area contributed by atoms with Crippen LogP contribution in [-0.2, 0) is 0 Å². The monoisotopic (exact) mass is 265 g/mol. The first-order valence-electron chi connectivity index (χ1n) is 6.44. The van der Waals surface area contributed by atoms with E-state index in [9.17, 15) is 0 Å². The number of rotatable bonds is 8. The summed E-state index contributed by atoms with van der Waals surface area (Å²) in [5.41, 5.74) is 7.22. The lowest BCUT2D eigenvalue weighted by Gasteiger charge is -2.22. The van der Waals surface area contributed by atoms with Gasteiger partial charge in [-0.2, -0.15) is 0 Å². The predicted octanol–water partition coefficient (Wildman–Crippen LogP) is 1.58. The Kier molecular flexibility index (Phi) is 6.15. The molecule has 0 amide bonds. The molecule has 0 unspecified atom stereocenters. The first-order chi connectivity index (χ1) is 9.10. The minimum atomic E-state index is 0.0554. The normalized spacial score (nSPS) is 10.3. The molecule has 0 bridgehead atoms. The summed E-state index contributed by atoms with van der Waals surface area (Å²) < 4.78 is 5.21. The first-order valence-corrected chi connectivity index (χ1v) is 6.44. The zero-order valence-electron chi connectivity index (χ0n) is 11.6. The first kappa shape index (κ1) is 15.3. The quantitative estimate of drug-likeness (QED) is 0.378. The molecule has 0 atom stereocenters. The number of methoxy groups -OCH3 is 1. The Morgan fingerprint density at radius 3 is 2.68 bits per heavy atom. The number of hydrogen-bond acceptors (Lipinski definition) is 4. The minimum absolute atomic E-state index is 0.0554. The molecule has 0 fully saturated rings. The average molecular weight is 265 g/mol. The van der Waals surface area contributed by atoms with Gasteiger partial charge in [-0.3, -0.25) is 5.41 Å². The molecule has 4 N–H and O–H groups in total. The molecule has 0 aromatic heterocycles. The van der Waals surface area contributed by atoms with Crippen LogP contribution in [0.2, 0.25) is 0 Å². The van der Waals surface area contributed by atoms with Gasteiger partial charge in [0.15, 0.2) is 0 Å². The van der Waals surface area contributed by atoms with Crippen LogP contribution in [0.1, 0.15) is 24.8 Å². The van der Waals surface area contributed by atoms with E-state index in [1.807, 2.05) is 13.1 Å². The predicted molar refractivity (Wildman–Crippen MR) is 78.2 cm³/mol. The highest BCUT2D eigenvalue weighted by Crippen LogP contribution is 2.25. The number of unbranched alkanes of at least 4 members (excludes halogenated alkanes) is 2. The van der Waals surface area contributed by atoms with Gasteiger partial charge in [0.2, 0.25) is 0 Å². The van der Waals surface area contributed by atoms with Crippen molar-refractivity contribution in [2.75, 3.05) is 32.2 Å². The van der Waals surface area contributed by atoms with Gasteiger partial charge in [-0.15, -0.1) is 0 Å². The maximum Gasteiger partial charge on any atom is 0.124 e. The van der Waals surface area contributed by atoms with Gasteiger partial charge in [-0.05, 0) is 31.4 Å². The van der Waals surface area contributed by atoms with Crippen molar-refractivity contribution in [2.45, 2.75) is 19.3 Å². The number of anilines is 1. The molecule has 0 saturated carbocycles. The standard InChI is InChI=1S/C14H23N3O2/c1-17(8-4-3-5-9-18)13-10-11(19-2)6-7-12(13)14(15)16/h6-7,10,18H,3-5,8-9H2,1-2H3,(H3,15,16). The lowest BCUT2D eigenvalue weighted by Crippen LogP contribution is -2.23. The molecule has 5 heteroatoms. The van der Waals surface area contributed by atoms with E-state index in [-0.39, 0.29) is 12.4 Å². The smallest absolute Gasteiger partial charge is 0.124 e. The SMILES string of the molecule is COc1ccc(C(=N)N)c(N(C)CCCCCO)c1. The van der Waals surface area contributed by atoms with E-state index in [0.29, 0.717) is 5.56 Å². The van der Waals surface area contributed by atoms with Gasteiger partial charge < -0.3 is 20.5 Å². The largest absolute Gasteiger partial charge is 0.497 e. The van der Waals surface area contributed by atoms with Crippen LogP contribution in [0, 0.1) is 5.41 Å². The van der Waals surface area contributed by atoms with Crippen molar-refractivity contribution in [3.63, 3.8) is 0 Å². The molecule has 19 heavy (non-hydrogen) atoms. The second kappa shape index (κ2) is 7.63. The molecule has 0 saturated heterocycles.